The molecule has 0 amide bonds. The minimum absolute atomic E-state index is 0.273. The molecule has 0 saturated carbocycles. The Morgan fingerprint density at radius 2 is 1.58 bits per heavy atom. The summed E-state index contributed by atoms with van der Waals surface area (Å²) in [5, 5.41) is 0. The minimum Gasteiger partial charge on any atom is -0.488 e. The Bertz CT molecular complexity index is 789. The van der Waals surface area contributed by atoms with Crippen LogP contribution >= 0.6 is 0 Å². The highest BCUT2D eigenvalue weighted by molar-refractivity contribution is 5.55. The van der Waals surface area contributed by atoms with Gasteiger partial charge in [-0.2, -0.15) is 0 Å². The fourth-order valence-corrected chi connectivity index (χ4v) is 3.20. The Kier molecular flexibility index (Phi) is 4.15. The molecule has 0 unspecified atom stereocenters. The molecule has 2 heterocycles. The van der Waals surface area contributed by atoms with Crippen LogP contribution in [-0.4, -0.2) is 17.6 Å². The lowest BCUT2D eigenvalue weighted by atomic mass is 10.0. The van der Waals surface area contributed by atoms with Gasteiger partial charge >= 0.3 is 0 Å². The molecular formula is C21H20N2O. The van der Waals surface area contributed by atoms with Gasteiger partial charge in [0.05, 0.1) is 6.04 Å². The van der Waals surface area contributed by atoms with Crippen molar-refractivity contribution in [2.75, 3.05) is 11.5 Å². The average Bonchev–Trinajstić information content (AvgIpc) is 2.65. The van der Waals surface area contributed by atoms with Crippen molar-refractivity contribution in [3.05, 3.63) is 90.1 Å². The van der Waals surface area contributed by atoms with Crippen LogP contribution in [0.4, 0.5) is 5.82 Å². The number of hydrogen-bond acceptors (Lipinski definition) is 3. The summed E-state index contributed by atoms with van der Waals surface area (Å²) in [5.74, 6) is 1.81. The molecule has 0 bridgehead atoms. The molecule has 1 aliphatic rings. The number of aromatic nitrogens is 1. The third-order valence-electron chi connectivity index (χ3n) is 4.40. The molecular weight excluding hydrogens is 296 g/mol. The highest BCUT2D eigenvalue weighted by atomic mass is 16.5. The Balaban J connectivity index is 1.65. The Hall–Kier alpha value is -2.81. The van der Waals surface area contributed by atoms with E-state index in [0.29, 0.717) is 6.61 Å². The van der Waals surface area contributed by atoms with E-state index in [1.807, 2.05) is 18.3 Å². The molecule has 2 aromatic carbocycles. The largest absolute Gasteiger partial charge is 0.488 e. The first kappa shape index (κ1) is 14.8. The number of benzene rings is 2. The van der Waals surface area contributed by atoms with Crippen molar-refractivity contribution in [3.8, 4) is 5.75 Å². The van der Waals surface area contributed by atoms with Crippen LogP contribution in [0.25, 0.3) is 0 Å². The van der Waals surface area contributed by atoms with Crippen LogP contribution in [0.15, 0.2) is 79.0 Å². The maximum Gasteiger partial charge on any atom is 0.172 e. The number of hydrogen-bond donors (Lipinski definition) is 0. The summed E-state index contributed by atoms with van der Waals surface area (Å²) in [6, 6.07) is 25.3. The van der Waals surface area contributed by atoms with Gasteiger partial charge in [0.15, 0.2) is 11.6 Å². The smallest absolute Gasteiger partial charge is 0.172 e. The molecule has 0 radical (unpaired) electrons. The zero-order valence-corrected chi connectivity index (χ0v) is 13.5. The molecule has 0 fully saturated rings. The maximum absolute atomic E-state index is 5.97. The van der Waals surface area contributed by atoms with Crippen molar-refractivity contribution in [2.24, 2.45) is 0 Å². The van der Waals surface area contributed by atoms with Crippen molar-refractivity contribution >= 4 is 5.82 Å². The van der Waals surface area contributed by atoms with Crippen molar-refractivity contribution in [1.29, 1.82) is 0 Å². The van der Waals surface area contributed by atoms with E-state index in [0.717, 1.165) is 24.5 Å². The van der Waals surface area contributed by atoms with Crippen LogP contribution in [0.5, 0.6) is 5.75 Å². The fourth-order valence-electron chi connectivity index (χ4n) is 3.20. The van der Waals surface area contributed by atoms with Crippen molar-refractivity contribution in [1.82, 2.24) is 4.98 Å². The predicted molar refractivity (Wildman–Crippen MR) is 96.3 cm³/mol. The van der Waals surface area contributed by atoms with E-state index < -0.39 is 0 Å². The third kappa shape index (κ3) is 3.11. The van der Waals surface area contributed by atoms with E-state index in [4.69, 9.17) is 4.74 Å². The summed E-state index contributed by atoms with van der Waals surface area (Å²) in [6.07, 6.45) is 2.79. The summed E-state index contributed by atoms with van der Waals surface area (Å²) in [6.45, 7) is 1.52. The van der Waals surface area contributed by atoms with Crippen LogP contribution in [0, 0.1) is 0 Å². The molecule has 3 aromatic rings. The van der Waals surface area contributed by atoms with Crippen LogP contribution in [0.3, 0.4) is 0 Å². The first-order valence-corrected chi connectivity index (χ1v) is 8.32. The molecule has 1 atom stereocenters. The van der Waals surface area contributed by atoms with Gasteiger partial charge in [-0.15, -0.1) is 0 Å². The normalized spacial score (nSPS) is 16.3. The second-order valence-electron chi connectivity index (χ2n) is 6.09. The third-order valence-corrected chi connectivity index (χ3v) is 4.40. The zero-order chi connectivity index (χ0) is 16.2. The molecule has 0 spiro atoms. The van der Waals surface area contributed by atoms with Gasteiger partial charge in [-0.3, -0.25) is 0 Å². The van der Waals surface area contributed by atoms with Gasteiger partial charge in [0.2, 0.25) is 0 Å². The minimum atomic E-state index is 0.273. The van der Waals surface area contributed by atoms with E-state index in [9.17, 15) is 0 Å². The molecule has 0 aliphatic carbocycles. The van der Waals surface area contributed by atoms with Crippen molar-refractivity contribution < 1.29 is 4.74 Å². The summed E-state index contributed by atoms with van der Waals surface area (Å²) in [7, 11) is 0. The van der Waals surface area contributed by atoms with Gasteiger partial charge in [-0.25, -0.2) is 4.98 Å². The summed E-state index contributed by atoms with van der Waals surface area (Å²) in [4.78, 5) is 6.97. The molecule has 1 aliphatic heterocycles. The van der Waals surface area contributed by atoms with Gasteiger partial charge in [0.1, 0.15) is 6.61 Å². The Morgan fingerprint density at radius 3 is 2.33 bits per heavy atom. The standard InChI is InChI=1S/C21H20N2O/c1-3-8-17(9-4-1)14-19-16-24-20-12-7-13-22-21(20)23(19)15-18-10-5-2-6-11-18/h1-13,19H,14-16H2/t19-/m0/s1. The summed E-state index contributed by atoms with van der Waals surface area (Å²) >= 11 is 0. The monoisotopic (exact) mass is 316 g/mol. The topological polar surface area (TPSA) is 25.4 Å². The fraction of sp³-hybridized carbons (Fsp3) is 0.190. The first-order chi connectivity index (χ1) is 11.9. The van der Waals surface area contributed by atoms with Crippen LogP contribution in [0.2, 0.25) is 0 Å². The average molecular weight is 316 g/mol. The van der Waals surface area contributed by atoms with E-state index in [1.54, 1.807) is 0 Å². The van der Waals surface area contributed by atoms with Gasteiger partial charge in [0.25, 0.3) is 0 Å². The van der Waals surface area contributed by atoms with Crippen LogP contribution in [-0.2, 0) is 13.0 Å². The second-order valence-corrected chi connectivity index (χ2v) is 6.09. The number of anilines is 1. The molecule has 0 saturated heterocycles. The van der Waals surface area contributed by atoms with Crippen molar-refractivity contribution in [3.63, 3.8) is 0 Å². The highest BCUT2D eigenvalue weighted by Crippen LogP contribution is 2.33. The molecule has 0 N–H and O–H groups in total. The van der Waals surface area contributed by atoms with Gasteiger partial charge in [-0.1, -0.05) is 60.7 Å². The number of nitrogens with zero attached hydrogens (tertiary/aromatic N) is 2. The molecule has 24 heavy (non-hydrogen) atoms. The SMILES string of the molecule is c1ccc(C[C@H]2COc3cccnc3N2Cc2ccccc2)cc1. The lowest BCUT2D eigenvalue weighted by molar-refractivity contribution is 0.257. The first-order valence-electron chi connectivity index (χ1n) is 8.32. The predicted octanol–water partition coefficient (Wildman–Crippen LogP) is 4.09. The van der Waals surface area contributed by atoms with Gasteiger partial charge in [-0.05, 0) is 29.7 Å². The number of ether oxygens (including phenoxy) is 1. The zero-order valence-electron chi connectivity index (χ0n) is 13.5. The van der Waals surface area contributed by atoms with E-state index in [1.165, 1.54) is 11.1 Å². The maximum atomic E-state index is 5.97. The number of pyridine rings is 1. The highest BCUT2D eigenvalue weighted by Gasteiger charge is 2.28. The van der Waals surface area contributed by atoms with E-state index in [2.05, 4.69) is 70.5 Å². The lowest BCUT2D eigenvalue weighted by Crippen LogP contribution is -2.44. The molecule has 1 aromatic heterocycles. The van der Waals surface area contributed by atoms with E-state index >= 15 is 0 Å². The number of rotatable bonds is 4. The summed E-state index contributed by atoms with van der Waals surface area (Å²) < 4.78 is 5.97. The van der Waals surface area contributed by atoms with Crippen LogP contribution in [0.1, 0.15) is 11.1 Å². The second kappa shape index (κ2) is 6.75. The van der Waals surface area contributed by atoms with Crippen LogP contribution < -0.4 is 9.64 Å². The Morgan fingerprint density at radius 1 is 0.875 bits per heavy atom. The molecule has 3 heteroatoms. The number of fused-ring (bicyclic) bond motifs is 1. The summed E-state index contributed by atoms with van der Waals surface area (Å²) in [5.41, 5.74) is 2.61. The molecule has 3 nitrogen and oxygen atoms in total. The van der Waals surface area contributed by atoms with E-state index in [-0.39, 0.29) is 6.04 Å². The van der Waals surface area contributed by atoms with Gasteiger partial charge < -0.3 is 9.64 Å². The Labute approximate surface area is 142 Å². The molecule has 4 rings (SSSR count). The molecule has 120 valence electrons. The van der Waals surface area contributed by atoms with Gasteiger partial charge in [0, 0.05) is 12.7 Å². The lowest BCUT2D eigenvalue weighted by Gasteiger charge is -2.37. The van der Waals surface area contributed by atoms with Crippen molar-refractivity contribution in [2.45, 2.75) is 19.0 Å². The quantitative estimate of drug-likeness (QED) is 0.725.